The van der Waals surface area contributed by atoms with Gasteiger partial charge in [-0.3, -0.25) is 4.79 Å². The van der Waals surface area contributed by atoms with Crippen molar-refractivity contribution in [1.29, 1.82) is 0 Å². The van der Waals surface area contributed by atoms with Crippen LogP contribution in [0.25, 0.3) is 0 Å². The topological polar surface area (TPSA) is 80.9 Å². The van der Waals surface area contributed by atoms with Gasteiger partial charge in [-0.2, -0.15) is 4.98 Å². The van der Waals surface area contributed by atoms with Crippen LogP contribution < -0.4 is 5.32 Å². The maximum absolute atomic E-state index is 12.2. The van der Waals surface area contributed by atoms with Gasteiger partial charge < -0.3 is 9.84 Å². The number of carbonyl (C=O) groups excluding carboxylic acids is 1. The minimum absolute atomic E-state index is 0.00120. The van der Waals surface area contributed by atoms with Crippen LogP contribution in [0.4, 0.5) is 5.13 Å². The summed E-state index contributed by atoms with van der Waals surface area (Å²) in [4.78, 5) is 22.5. The van der Waals surface area contributed by atoms with E-state index in [0.717, 1.165) is 23.9 Å². The molecule has 7 heteroatoms. The van der Waals surface area contributed by atoms with Crippen LogP contribution in [0.1, 0.15) is 75.7 Å². The number of anilines is 1. The van der Waals surface area contributed by atoms with Crippen molar-refractivity contribution in [2.45, 2.75) is 78.1 Å². The molecule has 0 spiro atoms. The molecule has 1 aliphatic carbocycles. The summed E-state index contributed by atoms with van der Waals surface area (Å²) in [6.45, 7) is 8.38. The van der Waals surface area contributed by atoms with Crippen LogP contribution in [0.15, 0.2) is 4.52 Å². The van der Waals surface area contributed by atoms with E-state index in [9.17, 15) is 4.79 Å². The van der Waals surface area contributed by atoms with E-state index < -0.39 is 0 Å². The third-order valence-electron chi connectivity index (χ3n) is 4.80. The Morgan fingerprint density at radius 3 is 2.85 bits per heavy atom. The van der Waals surface area contributed by atoms with Crippen LogP contribution >= 0.6 is 11.3 Å². The molecule has 0 aliphatic heterocycles. The first-order valence-electron chi connectivity index (χ1n) is 9.46. The fourth-order valence-corrected chi connectivity index (χ4v) is 4.23. The Labute approximate surface area is 158 Å². The summed E-state index contributed by atoms with van der Waals surface area (Å²) in [6, 6.07) is 0. The fourth-order valence-electron chi connectivity index (χ4n) is 3.09. The van der Waals surface area contributed by atoms with E-state index in [4.69, 9.17) is 4.52 Å². The Bertz CT molecular complexity index is 760. The number of hydrogen-bond donors (Lipinski definition) is 1. The Morgan fingerprint density at radius 2 is 2.15 bits per heavy atom. The third-order valence-corrected chi connectivity index (χ3v) is 5.83. The molecule has 1 amide bonds. The van der Waals surface area contributed by atoms with Gasteiger partial charge in [0, 0.05) is 23.1 Å². The van der Waals surface area contributed by atoms with Crippen molar-refractivity contribution in [2.24, 2.45) is 5.92 Å². The molecule has 1 N–H and O–H groups in total. The first-order valence-corrected chi connectivity index (χ1v) is 10.3. The van der Waals surface area contributed by atoms with Crippen molar-refractivity contribution in [3.05, 3.63) is 22.3 Å². The smallest absolute Gasteiger partial charge is 0.226 e. The first kappa shape index (κ1) is 19.0. The number of hydrogen-bond acceptors (Lipinski definition) is 6. The van der Waals surface area contributed by atoms with Gasteiger partial charge in [0.1, 0.15) is 0 Å². The number of fused-ring (bicyclic) bond motifs is 1. The highest BCUT2D eigenvalue weighted by Crippen LogP contribution is 2.33. The summed E-state index contributed by atoms with van der Waals surface area (Å²) < 4.78 is 5.26. The molecule has 2 aromatic heterocycles. The number of thiazole rings is 1. The van der Waals surface area contributed by atoms with Gasteiger partial charge >= 0.3 is 0 Å². The van der Waals surface area contributed by atoms with Crippen molar-refractivity contribution in [3.63, 3.8) is 0 Å². The molecular weight excluding hydrogens is 348 g/mol. The van der Waals surface area contributed by atoms with Crippen LogP contribution in [0.2, 0.25) is 0 Å². The molecule has 0 saturated carbocycles. The lowest BCUT2D eigenvalue weighted by Gasteiger charge is -2.18. The van der Waals surface area contributed by atoms with Gasteiger partial charge in [-0.1, -0.05) is 39.3 Å². The summed E-state index contributed by atoms with van der Waals surface area (Å²) in [5.41, 5.74) is 1.05. The normalized spacial score (nSPS) is 17.2. The summed E-state index contributed by atoms with van der Waals surface area (Å²) in [5.74, 6) is 2.06. The van der Waals surface area contributed by atoms with E-state index in [0.29, 0.717) is 31.0 Å². The zero-order chi connectivity index (χ0) is 18.7. The Kier molecular flexibility index (Phi) is 5.75. The molecule has 1 aliphatic rings. The van der Waals surface area contributed by atoms with E-state index >= 15 is 0 Å². The second kappa shape index (κ2) is 7.86. The predicted molar refractivity (Wildman–Crippen MR) is 102 cm³/mol. The van der Waals surface area contributed by atoms with E-state index in [1.54, 1.807) is 11.3 Å². The molecule has 0 fully saturated rings. The molecule has 0 aromatic carbocycles. The zero-order valence-corrected chi connectivity index (χ0v) is 16.9. The highest BCUT2D eigenvalue weighted by molar-refractivity contribution is 7.15. The highest BCUT2D eigenvalue weighted by Gasteiger charge is 2.22. The van der Waals surface area contributed by atoms with Crippen LogP contribution in [-0.2, 0) is 29.5 Å². The summed E-state index contributed by atoms with van der Waals surface area (Å²) in [6.07, 6.45) is 6.28. The molecule has 2 heterocycles. The second-order valence-electron chi connectivity index (χ2n) is 8.07. The molecule has 142 valence electrons. The van der Waals surface area contributed by atoms with Gasteiger partial charge in [0.2, 0.25) is 11.8 Å². The average Bonchev–Trinajstić information content (AvgIpc) is 3.19. The van der Waals surface area contributed by atoms with Crippen LogP contribution in [0.5, 0.6) is 0 Å². The molecular formula is C19H28N4O2S. The van der Waals surface area contributed by atoms with Crippen LogP contribution in [0.3, 0.4) is 0 Å². The number of aromatic nitrogens is 3. The molecule has 0 radical (unpaired) electrons. The molecule has 2 aromatic rings. The maximum Gasteiger partial charge on any atom is 0.226 e. The van der Waals surface area contributed by atoms with Crippen molar-refractivity contribution < 1.29 is 9.32 Å². The molecule has 1 atom stereocenters. The number of nitrogens with zero attached hydrogens (tertiary/aromatic N) is 3. The maximum atomic E-state index is 12.2. The van der Waals surface area contributed by atoms with Crippen molar-refractivity contribution in [2.75, 3.05) is 5.32 Å². The van der Waals surface area contributed by atoms with Gasteiger partial charge in [-0.25, -0.2) is 4.98 Å². The minimum Gasteiger partial charge on any atom is -0.339 e. The van der Waals surface area contributed by atoms with Gasteiger partial charge in [0.25, 0.3) is 0 Å². The third kappa shape index (κ3) is 4.69. The van der Waals surface area contributed by atoms with E-state index in [1.165, 1.54) is 23.4 Å². The number of rotatable bonds is 6. The standard InChI is InChI=1S/C19H28N4O2S/c1-5-12-9-10-13-14(11-12)26-18(20-13)21-15(24)7-6-8-16-22-17(23-25-16)19(2,3)4/h12H,5-11H2,1-4H3,(H,20,21,24). The monoisotopic (exact) mass is 376 g/mol. The van der Waals surface area contributed by atoms with E-state index in [-0.39, 0.29) is 11.3 Å². The lowest BCUT2D eigenvalue weighted by molar-refractivity contribution is -0.116. The molecule has 26 heavy (non-hydrogen) atoms. The largest absolute Gasteiger partial charge is 0.339 e. The first-order chi connectivity index (χ1) is 12.3. The Balaban J connectivity index is 1.46. The van der Waals surface area contributed by atoms with Gasteiger partial charge in [-0.05, 0) is 31.6 Å². The summed E-state index contributed by atoms with van der Waals surface area (Å²) in [7, 11) is 0. The van der Waals surface area contributed by atoms with Crippen molar-refractivity contribution in [3.8, 4) is 0 Å². The Morgan fingerprint density at radius 1 is 1.35 bits per heavy atom. The van der Waals surface area contributed by atoms with Crippen LogP contribution in [0, 0.1) is 5.92 Å². The number of aryl methyl sites for hydroxylation is 2. The second-order valence-corrected chi connectivity index (χ2v) is 9.15. The molecule has 0 saturated heterocycles. The SMILES string of the molecule is CCC1CCc2nc(NC(=O)CCCc3nc(C(C)(C)C)no3)sc2C1. The zero-order valence-electron chi connectivity index (χ0n) is 16.1. The fraction of sp³-hybridized carbons (Fsp3) is 0.684. The lowest BCUT2D eigenvalue weighted by Crippen LogP contribution is -2.13. The lowest BCUT2D eigenvalue weighted by atomic mass is 9.89. The minimum atomic E-state index is -0.125. The quantitative estimate of drug-likeness (QED) is 0.813. The number of carbonyl (C=O) groups is 1. The molecule has 1 unspecified atom stereocenters. The molecule has 6 nitrogen and oxygen atoms in total. The Hall–Kier alpha value is -1.76. The van der Waals surface area contributed by atoms with E-state index in [2.05, 4.69) is 27.4 Å². The molecule has 3 rings (SSSR count). The number of nitrogens with one attached hydrogen (secondary N) is 1. The van der Waals surface area contributed by atoms with Gasteiger partial charge in [0.15, 0.2) is 11.0 Å². The van der Waals surface area contributed by atoms with E-state index in [1.807, 2.05) is 20.8 Å². The summed E-state index contributed by atoms with van der Waals surface area (Å²) >= 11 is 1.63. The summed E-state index contributed by atoms with van der Waals surface area (Å²) in [5, 5.41) is 7.70. The average molecular weight is 377 g/mol. The molecule has 0 bridgehead atoms. The van der Waals surface area contributed by atoms with Gasteiger partial charge in [0.05, 0.1) is 5.69 Å². The van der Waals surface area contributed by atoms with Crippen molar-refractivity contribution in [1.82, 2.24) is 15.1 Å². The van der Waals surface area contributed by atoms with Crippen LogP contribution in [-0.4, -0.2) is 21.0 Å². The highest BCUT2D eigenvalue weighted by atomic mass is 32.1. The van der Waals surface area contributed by atoms with Gasteiger partial charge in [-0.15, -0.1) is 11.3 Å². The number of amides is 1. The van der Waals surface area contributed by atoms with Crippen molar-refractivity contribution >= 4 is 22.4 Å². The predicted octanol–water partition coefficient (Wildman–Crippen LogP) is 4.30.